The van der Waals surface area contributed by atoms with E-state index in [-0.39, 0.29) is 11.6 Å². The van der Waals surface area contributed by atoms with Crippen LogP contribution in [-0.4, -0.2) is 36.3 Å². The molecule has 7 heteroatoms. The SMILES string of the molecule is COc1ccc(C2CC(c3ccccc3)=NN2C(=O)COC(=O)c2ccoc2)cc1. The smallest absolute Gasteiger partial charge is 0.341 e. The molecule has 0 saturated heterocycles. The van der Waals surface area contributed by atoms with Gasteiger partial charge < -0.3 is 13.9 Å². The summed E-state index contributed by atoms with van der Waals surface area (Å²) in [4.78, 5) is 24.9. The summed E-state index contributed by atoms with van der Waals surface area (Å²) in [5.41, 5.74) is 2.91. The number of nitrogens with zero attached hydrogens (tertiary/aromatic N) is 2. The molecule has 1 unspecified atom stereocenters. The van der Waals surface area contributed by atoms with Crippen molar-refractivity contribution in [3.8, 4) is 5.75 Å². The predicted octanol–water partition coefficient (Wildman–Crippen LogP) is 3.82. The largest absolute Gasteiger partial charge is 0.497 e. The van der Waals surface area contributed by atoms with Crippen molar-refractivity contribution in [2.45, 2.75) is 12.5 Å². The third-order valence-corrected chi connectivity index (χ3v) is 4.86. The molecule has 1 aliphatic rings. The molecular formula is C23H20N2O5. The highest BCUT2D eigenvalue weighted by atomic mass is 16.5. The van der Waals surface area contributed by atoms with Crippen molar-refractivity contribution in [2.24, 2.45) is 5.10 Å². The summed E-state index contributed by atoms with van der Waals surface area (Å²) in [5, 5.41) is 5.95. The standard InChI is InChI=1S/C23H20N2O5/c1-28-19-9-7-17(8-10-19)21-13-20(16-5-3-2-4-6-16)24-25(21)22(26)15-30-23(27)18-11-12-29-14-18/h2-12,14,21H,13,15H2,1H3. The summed E-state index contributed by atoms with van der Waals surface area (Å²) >= 11 is 0. The Kier molecular flexibility index (Phi) is 5.61. The minimum absolute atomic E-state index is 0.254. The molecule has 30 heavy (non-hydrogen) atoms. The van der Waals surface area contributed by atoms with Crippen LogP contribution >= 0.6 is 0 Å². The van der Waals surface area contributed by atoms with Gasteiger partial charge >= 0.3 is 5.97 Å². The Bertz CT molecular complexity index is 1040. The van der Waals surface area contributed by atoms with Gasteiger partial charge in [-0.3, -0.25) is 4.79 Å². The first-order valence-electron chi connectivity index (χ1n) is 9.44. The normalized spacial score (nSPS) is 15.6. The molecule has 1 aliphatic heterocycles. The molecule has 1 atom stereocenters. The molecule has 2 heterocycles. The number of furan rings is 1. The van der Waals surface area contributed by atoms with E-state index in [0.29, 0.717) is 6.42 Å². The summed E-state index contributed by atoms with van der Waals surface area (Å²) in [5.74, 6) is -0.295. The fourth-order valence-electron chi connectivity index (χ4n) is 3.29. The summed E-state index contributed by atoms with van der Waals surface area (Å²) in [7, 11) is 1.60. The third kappa shape index (κ3) is 4.10. The zero-order valence-electron chi connectivity index (χ0n) is 16.4. The molecular weight excluding hydrogens is 384 g/mol. The minimum atomic E-state index is -0.621. The van der Waals surface area contributed by atoms with Crippen LogP contribution < -0.4 is 4.74 Å². The molecule has 0 saturated carbocycles. The average Bonchev–Trinajstić information content (AvgIpc) is 3.48. The van der Waals surface area contributed by atoms with Crippen LogP contribution in [0.3, 0.4) is 0 Å². The molecule has 7 nitrogen and oxygen atoms in total. The topological polar surface area (TPSA) is 81.3 Å². The van der Waals surface area contributed by atoms with Crippen molar-refractivity contribution in [3.05, 3.63) is 89.9 Å². The lowest BCUT2D eigenvalue weighted by Gasteiger charge is -2.22. The van der Waals surface area contributed by atoms with Crippen molar-refractivity contribution >= 4 is 17.6 Å². The fraction of sp³-hybridized carbons (Fsp3) is 0.174. The third-order valence-electron chi connectivity index (χ3n) is 4.86. The zero-order chi connectivity index (χ0) is 20.9. The molecule has 152 valence electrons. The molecule has 0 aliphatic carbocycles. The number of esters is 1. The van der Waals surface area contributed by atoms with E-state index < -0.39 is 18.5 Å². The summed E-state index contributed by atoms with van der Waals surface area (Å²) < 4.78 is 15.2. The number of rotatable bonds is 6. The Morgan fingerprint density at radius 3 is 2.53 bits per heavy atom. The van der Waals surface area contributed by atoms with E-state index in [0.717, 1.165) is 22.6 Å². The van der Waals surface area contributed by atoms with Crippen LogP contribution in [0.2, 0.25) is 0 Å². The number of hydrogen-bond acceptors (Lipinski definition) is 6. The first-order chi connectivity index (χ1) is 14.7. The van der Waals surface area contributed by atoms with E-state index in [1.807, 2.05) is 54.6 Å². The Morgan fingerprint density at radius 2 is 1.87 bits per heavy atom. The second-order valence-corrected chi connectivity index (χ2v) is 6.73. The second-order valence-electron chi connectivity index (χ2n) is 6.73. The predicted molar refractivity (Wildman–Crippen MR) is 109 cm³/mol. The van der Waals surface area contributed by atoms with Crippen molar-refractivity contribution in [1.82, 2.24) is 5.01 Å². The molecule has 0 fully saturated rings. The highest BCUT2D eigenvalue weighted by molar-refractivity contribution is 6.03. The van der Waals surface area contributed by atoms with Crippen molar-refractivity contribution < 1.29 is 23.5 Å². The van der Waals surface area contributed by atoms with E-state index >= 15 is 0 Å². The summed E-state index contributed by atoms with van der Waals surface area (Å²) in [6.45, 7) is -0.414. The zero-order valence-corrected chi connectivity index (χ0v) is 16.4. The van der Waals surface area contributed by atoms with E-state index in [1.165, 1.54) is 23.6 Å². The molecule has 0 radical (unpaired) electrons. The molecule has 0 N–H and O–H groups in total. The number of hydrogen-bond donors (Lipinski definition) is 0. The molecule has 1 amide bonds. The number of ether oxygens (including phenoxy) is 2. The molecule has 2 aromatic carbocycles. The Morgan fingerprint density at radius 1 is 1.10 bits per heavy atom. The average molecular weight is 404 g/mol. The van der Waals surface area contributed by atoms with E-state index in [2.05, 4.69) is 5.10 Å². The number of carbonyl (C=O) groups excluding carboxylic acids is 2. The van der Waals surface area contributed by atoms with Crippen LogP contribution in [0.5, 0.6) is 5.75 Å². The fourth-order valence-corrected chi connectivity index (χ4v) is 3.29. The van der Waals surface area contributed by atoms with E-state index in [1.54, 1.807) is 7.11 Å². The Hall–Kier alpha value is -3.87. The molecule has 3 aromatic rings. The first-order valence-corrected chi connectivity index (χ1v) is 9.44. The van der Waals surface area contributed by atoms with Gasteiger partial charge in [0.25, 0.3) is 5.91 Å². The van der Waals surface area contributed by atoms with Gasteiger partial charge in [-0.15, -0.1) is 0 Å². The Balaban J connectivity index is 1.55. The second kappa shape index (κ2) is 8.65. The van der Waals surface area contributed by atoms with Crippen LogP contribution in [0.25, 0.3) is 0 Å². The van der Waals surface area contributed by atoms with Crippen molar-refractivity contribution in [2.75, 3.05) is 13.7 Å². The van der Waals surface area contributed by atoms with Crippen LogP contribution in [0, 0.1) is 0 Å². The van der Waals surface area contributed by atoms with Crippen molar-refractivity contribution in [3.63, 3.8) is 0 Å². The van der Waals surface area contributed by atoms with Gasteiger partial charge in [-0.2, -0.15) is 5.10 Å². The highest BCUT2D eigenvalue weighted by Gasteiger charge is 2.33. The number of carbonyl (C=O) groups is 2. The maximum absolute atomic E-state index is 12.9. The van der Waals surface area contributed by atoms with Crippen LogP contribution in [-0.2, 0) is 9.53 Å². The van der Waals surface area contributed by atoms with E-state index in [9.17, 15) is 9.59 Å². The van der Waals surface area contributed by atoms with Gasteiger partial charge in [-0.1, -0.05) is 42.5 Å². The maximum atomic E-state index is 12.9. The summed E-state index contributed by atoms with van der Waals surface area (Å²) in [6.07, 6.45) is 3.20. The van der Waals surface area contributed by atoms with Crippen LogP contribution in [0.1, 0.15) is 33.9 Å². The molecule has 0 bridgehead atoms. The number of benzene rings is 2. The van der Waals surface area contributed by atoms with Gasteiger partial charge in [0.2, 0.25) is 0 Å². The van der Waals surface area contributed by atoms with Gasteiger partial charge in [0.05, 0.1) is 30.7 Å². The van der Waals surface area contributed by atoms with E-state index in [4.69, 9.17) is 13.9 Å². The summed E-state index contributed by atoms with van der Waals surface area (Å²) in [6, 6.07) is 18.4. The van der Waals surface area contributed by atoms with Gasteiger partial charge in [-0.05, 0) is 29.3 Å². The molecule has 1 aromatic heterocycles. The lowest BCUT2D eigenvalue weighted by molar-refractivity contribution is -0.136. The lowest BCUT2D eigenvalue weighted by atomic mass is 9.98. The quantitative estimate of drug-likeness (QED) is 0.584. The number of amides is 1. The van der Waals surface area contributed by atoms with Gasteiger partial charge in [-0.25, -0.2) is 9.80 Å². The highest BCUT2D eigenvalue weighted by Crippen LogP contribution is 2.33. The first kappa shape index (κ1) is 19.4. The van der Waals surface area contributed by atoms with Crippen molar-refractivity contribution in [1.29, 1.82) is 0 Å². The number of hydrazone groups is 1. The van der Waals surface area contributed by atoms with Crippen LogP contribution in [0.4, 0.5) is 0 Å². The van der Waals surface area contributed by atoms with Crippen LogP contribution in [0.15, 0.2) is 82.7 Å². The van der Waals surface area contributed by atoms with Gasteiger partial charge in [0, 0.05) is 6.42 Å². The Labute approximate surface area is 173 Å². The maximum Gasteiger partial charge on any atom is 0.341 e. The molecule has 0 spiro atoms. The molecule has 4 rings (SSSR count). The minimum Gasteiger partial charge on any atom is -0.497 e. The lowest BCUT2D eigenvalue weighted by Crippen LogP contribution is -2.31. The van der Waals surface area contributed by atoms with Gasteiger partial charge in [0.15, 0.2) is 6.61 Å². The monoisotopic (exact) mass is 404 g/mol. The van der Waals surface area contributed by atoms with Gasteiger partial charge in [0.1, 0.15) is 12.0 Å². The number of methoxy groups -OCH3 is 1.